The van der Waals surface area contributed by atoms with Crippen molar-refractivity contribution in [3.8, 4) is 0 Å². The molecule has 0 bridgehead atoms. The van der Waals surface area contributed by atoms with E-state index in [1.807, 2.05) is 0 Å². The number of nitrogens with zero attached hydrogens (tertiary/aromatic N) is 3. The third kappa shape index (κ3) is 8.69. The van der Waals surface area contributed by atoms with Crippen LogP contribution in [0.2, 0.25) is 0 Å². The van der Waals surface area contributed by atoms with Crippen molar-refractivity contribution in [1.29, 1.82) is 0 Å². The number of aliphatic imine (C=N–C) groups is 1. The molecule has 0 aromatic heterocycles. The third-order valence-corrected chi connectivity index (χ3v) is 5.91. The van der Waals surface area contributed by atoms with E-state index >= 15 is 0 Å². The molecule has 9 N–H and O–H groups in total. The number of nitro benzene ring substituents is 1. The van der Waals surface area contributed by atoms with Gasteiger partial charge in [0, 0.05) is 30.9 Å². The molecule has 0 spiro atoms. The molecule has 0 radical (unpaired) electrons. The van der Waals surface area contributed by atoms with Crippen molar-refractivity contribution in [3.05, 3.63) is 34.4 Å². The lowest BCUT2D eigenvalue weighted by Gasteiger charge is -2.29. The fraction of sp³-hybridized carbons (Fsp3) is 0.522. The summed E-state index contributed by atoms with van der Waals surface area (Å²) in [5.74, 6) is -2.10. The minimum atomic E-state index is -1.00. The number of nitrogens with one attached hydrogen (secondary N) is 3. The second kappa shape index (κ2) is 13.9. The first-order chi connectivity index (χ1) is 17.9. The van der Waals surface area contributed by atoms with Gasteiger partial charge in [0.1, 0.15) is 18.1 Å². The Morgan fingerprint density at radius 1 is 1.13 bits per heavy atom. The number of carbonyl (C=O) groups excluding carboxylic acids is 4. The molecule has 208 valence electrons. The summed E-state index contributed by atoms with van der Waals surface area (Å²) in [5, 5.41) is 18.7. The number of hydrogen-bond acceptors (Lipinski definition) is 8. The van der Waals surface area contributed by atoms with Gasteiger partial charge in [-0.25, -0.2) is 0 Å². The molecule has 0 aliphatic carbocycles. The van der Waals surface area contributed by atoms with Gasteiger partial charge in [-0.3, -0.25) is 34.3 Å². The van der Waals surface area contributed by atoms with E-state index in [9.17, 15) is 29.3 Å². The minimum absolute atomic E-state index is 0.105. The molecular weight excluding hydrogens is 498 g/mol. The Morgan fingerprint density at radius 2 is 1.79 bits per heavy atom. The van der Waals surface area contributed by atoms with Crippen molar-refractivity contribution in [3.63, 3.8) is 0 Å². The Labute approximate surface area is 219 Å². The number of nitrogens with two attached hydrogens (primary N) is 3. The first-order valence-electron chi connectivity index (χ1n) is 12.2. The van der Waals surface area contributed by atoms with E-state index in [-0.39, 0.29) is 24.6 Å². The van der Waals surface area contributed by atoms with E-state index in [4.69, 9.17) is 17.2 Å². The van der Waals surface area contributed by atoms with Crippen molar-refractivity contribution in [2.75, 3.05) is 18.4 Å². The van der Waals surface area contributed by atoms with Crippen LogP contribution < -0.4 is 33.2 Å². The zero-order valence-electron chi connectivity index (χ0n) is 21.4. The van der Waals surface area contributed by atoms with Gasteiger partial charge >= 0.3 is 0 Å². The quantitative estimate of drug-likeness (QED) is 0.0628. The molecule has 1 aliphatic heterocycles. The molecule has 0 saturated carbocycles. The molecule has 1 aliphatic rings. The van der Waals surface area contributed by atoms with Gasteiger partial charge < -0.3 is 38.1 Å². The van der Waals surface area contributed by atoms with E-state index in [2.05, 4.69) is 20.9 Å². The van der Waals surface area contributed by atoms with Gasteiger partial charge in [0.2, 0.25) is 23.6 Å². The maximum absolute atomic E-state index is 13.2. The Hall–Kier alpha value is -4.27. The highest BCUT2D eigenvalue weighted by atomic mass is 16.6. The number of non-ortho nitro benzene ring substituents is 1. The highest BCUT2D eigenvalue weighted by molar-refractivity contribution is 5.99. The number of benzene rings is 1. The van der Waals surface area contributed by atoms with Crippen LogP contribution in [0.5, 0.6) is 0 Å². The lowest BCUT2D eigenvalue weighted by Crippen LogP contribution is -2.56. The van der Waals surface area contributed by atoms with E-state index in [0.717, 1.165) is 0 Å². The van der Waals surface area contributed by atoms with Crippen LogP contribution in [-0.2, 0) is 19.2 Å². The van der Waals surface area contributed by atoms with Gasteiger partial charge in [-0.1, -0.05) is 0 Å². The normalized spacial score (nSPS) is 17.0. The minimum Gasteiger partial charge on any atom is -0.370 e. The van der Waals surface area contributed by atoms with Crippen LogP contribution in [0.1, 0.15) is 39.5 Å². The number of carbonyl (C=O) groups is 4. The molecule has 1 fully saturated rings. The maximum atomic E-state index is 13.2. The topological polar surface area (TPSA) is 241 Å². The fourth-order valence-corrected chi connectivity index (χ4v) is 3.89. The Balaban J connectivity index is 2.12. The van der Waals surface area contributed by atoms with Crippen LogP contribution >= 0.6 is 0 Å². The molecule has 4 atom stereocenters. The number of likely N-dealkylation sites (tertiary alicyclic amines) is 1. The number of rotatable bonds is 12. The predicted octanol–water partition coefficient (Wildman–Crippen LogP) is -1.09. The number of nitro groups is 1. The van der Waals surface area contributed by atoms with Crippen molar-refractivity contribution in [1.82, 2.24) is 15.5 Å². The summed E-state index contributed by atoms with van der Waals surface area (Å²) >= 11 is 0. The van der Waals surface area contributed by atoms with E-state index < -0.39 is 52.7 Å². The Kier molecular flexibility index (Phi) is 10.9. The van der Waals surface area contributed by atoms with Crippen LogP contribution in [0.4, 0.5) is 11.4 Å². The summed E-state index contributed by atoms with van der Waals surface area (Å²) in [6.45, 7) is 3.55. The summed E-state index contributed by atoms with van der Waals surface area (Å²) in [5.41, 5.74) is 16.4. The summed E-state index contributed by atoms with van der Waals surface area (Å²) in [7, 11) is 0. The van der Waals surface area contributed by atoms with Crippen LogP contribution in [0, 0.1) is 10.1 Å². The van der Waals surface area contributed by atoms with Gasteiger partial charge in [0.15, 0.2) is 5.96 Å². The van der Waals surface area contributed by atoms with Crippen LogP contribution in [0.3, 0.4) is 0 Å². The molecule has 0 unspecified atom stereocenters. The highest BCUT2D eigenvalue weighted by Gasteiger charge is 2.37. The summed E-state index contributed by atoms with van der Waals surface area (Å²) < 4.78 is 0. The van der Waals surface area contributed by atoms with Gasteiger partial charge in [0.05, 0.1) is 11.0 Å². The molecule has 1 aromatic rings. The summed E-state index contributed by atoms with van der Waals surface area (Å²) in [6.07, 6.45) is 1.51. The summed E-state index contributed by atoms with van der Waals surface area (Å²) in [4.78, 5) is 66.7. The van der Waals surface area contributed by atoms with Crippen molar-refractivity contribution < 1.29 is 24.1 Å². The van der Waals surface area contributed by atoms with E-state index in [1.165, 1.54) is 43.0 Å². The first kappa shape index (κ1) is 30.0. The molecule has 1 saturated heterocycles. The van der Waals surface area contributed by atoms with Crippen molar-refractivity contribution in [2.24, 2.45) is 22.2 Å². The second-order valence-electron chi connectivity index (χ2n) is 9.01. The number of guanidine groups is 1. The number of hydrogen-bond donors (Lipinski definition) is 6. The molecular formula is C23H35N9O6. The summed E-state index contributed by atoms with van der Waals surface area (Å²) in [6, 6.07) is 1.74. The zero-order valence-corrected chi connectivity index (χ0v) is 21.4. The van der Waals surface area contributed by atoms with E-state index in [0.29, 0.717) is 31.5 Å². The lowest BCUT2D eigenvalue weighted by molar-refractivity contribution is -0.384. The average Bonchev–Trinajstić information content (AvgIpc) is 3.35. The van der Waals surface area contributed by atoms with Crippen LogP contribution in [0.15, 0.2) is 29.3 Å². The van der Waals surface area contributed by atoms with Crippen LogP contribution in [0.25, 0.3) is 0 Å². The molecule has 15 nitrogen and oxygen atoms in total. The molecule has 4 amide bonds. The smallest absolute Gasteiger partial charge is 0.269 e. The predicted molar refractivity (Wildman–Crippen MR) is 140 cm³/mol. The number of anilines is 1. The fourth-order valence-electron chi connectivity index (χ4n) is 3.89. The van der Waals surface area contributed by atoms with Gasteiger partial charge in [-0.2, -0.15) is 0 Å². The molecule has 1 heterocycles. The second-order valence-corrected chi connectivity index (χ2v) is 9.01. The van der Waals surface area contributed by atoms with Crippen LogP contribution in [-0.4, -0.2) is 76.7 Å². The zero-order chi connectivity index (χ0) is 28.4. The molecule has 15 heteroatoms. The SMILES string of the molecule is C[C@H](N)C(=O)N[C@@H](C)C(=O)N1CCC[C@H]1C(=O)N[C@@H](CCCN=C(N)N)C(=O)Nc1ccc([N+](=O)[O-])cc1. The monoisotopic (exact) mass is 533 g/mol. The molecule has 1 aromatic carbocycles. The third-order valence-electron chi connectivity index (χ3n) is 5.91. The average molecular weight is 534 g/mol. The van der Waals surface area contributed by atoms with Crippen molar-refractivity contribution in [2.45, 2.75) is 63.7 Å². The van der Waals surface area contributed by atoms with Crippen molar-refractivity contribution >= 4 is 41.0 Å². The largest absolute Gasteiger partial charge is 0.370 e. The molecule has 38 heavy (non-hydrogen) atoms. The Bertz CT molecular complexity index is 1060. The Morgan fingerprint density at radius 3 is 2.37 bits per heavy atom. The van der Waals surface area contributed by atoms with E-state index in [1.54, 1.807) is 0 Å². The first-order valence-corrected chi connectivity index (χ1v) is 12.2. The van der Waals surface area contributed by atoms with Gasteiger partial charge in [-0.15, -0.1) is 0 Å². The standard InChI is InChI=1S/C23H35N9O6/c1-13(24)19(33)28-14(2)22(36)31-12-4-6-18(31)21(35)30-17(5-3-11-27-23(25)26)20(34)29-15-7-9-16(10-8-15)32(37)38/h7-10,13-14,17-18H,3-6,11-12,24H2,1-2H3,(H,28,33)(H,29,34)(H,30,35)(H4,25,26,27)/t13-,14-,17-,18-/m0/s1. The van der Waals surface area contributed by atoms with Gasteiger partial charge in [0.25, 0.3) is 5.69 Å². The highest BCUT2D eigenvalue weighted by Crippen LogP contribution is 2.20. The lowest BCUT2D eigenvalue weighted by atomic mass is 10.1. The van der Waals surface area contributed by atoms with Gasteiger partial charge in [-0.05, 0) is 51.7 Å². The molecule has 2 rings (SSSR count). The maximum Gasteiger partial charge on any atom is 0.269 e. The number of amides is 4.